The Hall–Kier alpha value is -2.30. The van der Waals surface area contributed by atoms with E-state index in [0.717, 1.165) is 17.3 Å². The lowest BCUT2D eigenvalue weighted by Crippen LogP contribution is -2.36. The lowest BCUT2D eigenvalue weighted by Gasteiger charge is -2.15. The summed E-state index contributed by atoms with van der Waals surface area (Å²) in [7, 11) is 1.89. The van der Waals surface area contributed by atoms with Crippen molar-refractivity contribution in [3.05, 3.63) is 36.0 Å². The fourth-order valence-corrected chi connectivity index (χ4v) is 2.57. The zero-order valence-electron chi connectivity index (χ0n) is 12.3. The SMILES string of the molecule is CCCC(CC(=O)O)NC(=O)c1cn(C)c2ccccc12. The van der Waals surface area contributed by atoms with Gasteiger partial charge in [0.1, 0.15) is 0 Å². The van der Waals surface area contributed by atoms with E-state index in [1.807, 2.05) is 42.8 Å². The van der Waals surface area contributed by atoms with Gasteiger partial charge < -0.3 is 15.0 Å². The highest BCUT2D eigenvalue weighted by Gasteiger charge is 2.19. The number of carbonyl (C=O) groups excluding carboxylic acids is 1. The largest absolute Gasteiger partial charge is 0.481 e. The molecule has 0 radical (unpaired) electrons. The Morgan fingerprint density at radius 1 is 1.33 bits per heavy atom. The van der Waals surface area contributed by atoms with Crippen molar-refractivity contribution in [2.24, 2.45) is 7.05 Å². The molecule has 0 spiro atoms. The Kier molecular flexibility index (Phi) is 4.62. The van der Waals surface area contributed by atoms with Crippen LogP contribution in [0.3, 0.4) is 0 Å². The molecule has 0 fully saturated rings. The molecule has 5 nitrogen and oxygen atoms in total. The highest BCUT2D eigenvalue weighted by molar-refractivity contribution is 6.07. The molecule has 1 aromatic heterocycles. The molecule has 2 rings (SSSR count). The van der Waals surface area contributed by atoms with Gasteiger partial charge in [0.15, 0.2) is 0 Å². The molecule has 1 atom stereocenters. The first kappa shape index (κ1) is 15.1. The van der Waals surface area contributed by atoms with Gasteiger partial charge in [-0.1, -0.05) is 31.5 Å². The third-order valence-electron chi connectivity index (χ3n) is 3.53. The minimum Gasteiger partial charge on any atom is -0.481 e. The van der Waals surface area contributed by atoms with Crippen LogP contribution in [0.1, 0.15) is 36.5 Å². The van der Waals surface area contributed by atoms with Gasteiger partial charge in [-0.2, -0.15) is 0 Å². The van der Waals surface area contributed by atoms with Crippen LogP contribution in [-0.2, 0) is 11.8 Å². The van der Waals surface area contributed by atoms with Crippen molar-refractivity contribution >= 4 is 22.8 Å². The number of nitrogens with one attached hydrogen (secondary N) is 1. The molecule has 5 heteroatoms. The number of amides is 1. The van der Waals surface area contributed by atoms with E-state index in [1.54, 1.807) is 6.20 Å². The first-order valence-electron chi connectivity index (χ1n) is 7.09. The second-order valence-corrected chi connectivity index (χ2v) is 5.23. The van der Waals surface area contributed by atoms with Crippen molar-refractivity contribution in [2.75, 3.05) is 0 Å². The van der Waals surface area contributed by atoms with E-state index < -0.39 is 5.97 Å². The van der Waals surface area contributed by atoms with Crippen molar-refractivity contribution in [1.82, 2.24) is 9.88 Å². The number of rotatable bonds is 6. The van der Waals surface area contributed by atoms with Crippen LogP contribution in [0, 0.1) is 0 Å². The number of hydrogen-bond donors (Lipinski definition) is 2. The number of hydrogen-bond acceptors (Lipinski definition) is 2. The normalized spacial score (nSPS) is 12.3. The predicted molar refractivity (Wildman–Crippen MR) is 81.3 cm³/mol. The molecule has 0 aliphatic carbocycles. The maximum atomic E-state index is 12.4. The second-order valence-electron chi connectivity index (χ2n) is 5.23. The van der Waals surface area contributed by atoms with Crippen molar-refractivity contribution < 1.29 is 14.7 Å². The van der Waals surface area contributed by atoms with Crippen LogP contribution < -0.4 is 5.32 Å². The van der Waals surface area contributed by atoms with Crippen molar-refractivity contribution in [3.8, 4) is 0 Å². The quantitative estimate of drug-likeness (QED) is 0.858. The summed E-state index contributed by atoms with van der Waals surface area (Å²) in [6.07, 6.45) is 3.21. The fourth-order valence-electron chi connectivity index (χ4n) is 2.57. The van der Waals surface area contributed by atoms with Crippen LogP contribution in [0.2, 0.25) is 0 Å². The van der Waals surface area contributed by atoms with E-state index in [9.17, 15) is 9.59 Å². The Morgan fingerprint density at radius 2 is 2.05 bits per heavy atom. The number of para-hydroxylation sites is 1. The second kappa shape index (κ2) is 6.43. The minimum atomic E-state index is -0.897. The summed E-state index contributed by atoms with van der Waals surface area (Å²) < 4.78 is 1.90. The smallest absolute Gasteiger partial charge is 0.305 e. The van der Waals surface area contributed by atoms with Gasteiger partial charge in [-0.05, 0) is 12.5 Å². The third kappa shape index (κ3) is 3.42. The molecule has 0 bridgehead atoms. The molecule has 21 heavy (non-hydrogen) atoms. The molecule has 1 amide bonds. The zero-order chi connectivity index (χ0) is 15.4. The van der Waals surface area contributed by atoms with Gasteiger partial charge in [0.05, 0.1) is 12.0 Å². The first-order valence-corrected chi connectivity index (χ1v) is 7.09. The number of benzene rings is 1. The average molecular weight is 288 g/mol. The van der Waals surface area contributed by atoms with Crippen LogP contribution >= 0.6 is 0 Å². The number of nitrogens with zero attached hydrogens (tertiary/aromatic N) is 1. The number of carboxylic acids is 1. The average Bonchev–Trinajstić information content (AvgIpc) is 2.76. The zero-order valence-corrected chi connectivity index (χ0v) is 12.3. The molecule has 0 aliphatic rings. The lowest BCUT2D eigenvalue weighted by atomic mass is 10.1. The van der Waals surface area contributed by atoms with Gasteiger partial charge in [-0.15, -0.1) is 0 Å². The molecule has 2 aromatic rings. The number of carbonyl (C=O) groups is 2. The van der Waals surface area contributed by atoms with E-state index in [-0.39, 0.29) is 18.4 Å². The molecular formula is C16H20N2O3. The number of fused-ring (bicyclic) bond motifs is 1. The number of carboxylic acid groups (broad SMARTS) is 1. The van der Waals surface area contributed by atoms with Gasteiger partial charge in [-0.3, -0.25) is 9.59 Å². The maximum absolute atomic E-state index is 12.4. The number of aryl methyl sites for hydroxylation is 1. The molecular weight excluding hydrogens is 268 g/mol. The Labute approximate surface area is 123 Å². The van der Waals surface area contributed by atoms with Gasteiger partial charge >= 0.3 is 5.97 Å². The predicted octanol–water partition coefficient (Wildman–Crippen LogP) is 2.55. The van der Waals surface area contributed by atoms with Crippen LogP contribution in [0.15, 0.2) is 30.5 Å². The Balaban J connectivity index is 2.23. The Bertz CT molecular complexity index is 661. The van der Waals surface area contributed by atoms with E-state index in [1.165, 1.54) is 0 Å². The third-order valence-corrected chi connectivity index (χ3v) is 3.53. The summed E-state index contributed by atoms with van der Waals surface area (Å²) in [5.41, 5.74) is 1.56. The van der Waals surface area contributed by atoms with Gasteiger partial charge in [0, 0.05) is 30.2 Å². The van der Waals surface area contributed by atoms with Gasteiger partial charge in [0.25, 0.3) is 5.91 Å². The van der Waals surface area contributed by atoms with E-state index in [2.05, 4.69) is 5.32 Å². The van der Waals surface area contributed by atoms with Crippen molar-refractivity contribution in [2.45, 2.75) is 32.2 Å². The van der Waals surface area contributed by atoms with Crippen molar-refractivity contribution in [1.29, 1.82) is 0 Å². The van der Waals surface area contributed by atoms with Crippen LogP contribution in [0.5, 0.6) is 0 Å². The minimum absolute atomic E-state index is 0.0512. The molecule has 0 saturated heterocycles. The molecule has 1 heterocycles. The topological polar surface area (TPSA) is 71.3 Å². The molecule has 1 unspecified atom stereocenters. The number of aromatic nitrogens is 1. The monoisotopic (exact) mass is 288 g/mol. The molecule has 112 valence electrons. The summed E-state index contributed by atoms with van der Waals surface area (Å²) in [5.74, 6) is -1.11. The van der Waals surface area contributed by atoms with Crippen LogP contribution in [-0.4, -0.2) is 27.6 Å². The van der Waals surface area contributed by atoms with Gasteiger partial charge in [0.2, 0.25) is 0 Å². The summed E-state index contributed by atoms with van der Waals surface area (Å²) >= 11 is 0. The summed E-state index contributed by atoms with van der Waals surface area (Å²) in [6.45, 7) is 1.97. The molecule has 0 aliphatic heterocycles. The maximum Gasteiger partial charge on any atom is 0.305 e. The summed E-state index contributed by atoms with van der Waals surface area (Å²) in [5, 5.41) is 12.6. The standard InChI is InChI=1S/C16H20N2O3/c1-3-6-11(9-15(19)20)17-16(21)13-10-18(2)14-8-5-4-7-12(13)14/h4-5,7-8,10-11H,3,6,9H2,1-2H3,(H,17,21)(H,19,20). The van der Waals surface area contributed by atoms with Crippen LogP contribution in [0.25, 0.3) is 10.9 Å². The van der Waals surface area contributed by atoms with Crippen LogP contribution in [0.4, 0.5) is 0 Å². The highest BCUT2D eigenvalue weighted by atomic mass is 16.4. The Morgan fingerprint density at radius 3 is 2.71 bits per heavy atom. The van der Waals surface area contributed by atoms with Crippen molar-refractivity contribution in [3.63, 3.8) is 0 Å². The van der Waals surface area contributed by atoms with Gasteiger partial charge in [-0.25, -0.2) is 0 Å². The first-order chi connectivity index (χ1) is 10.0. The summed E-state index contributed by atoms with van der Waals surface area (Å²) in [4.78, 5) is 23.3. The summed E-state index contributed by atoms with van der Waals surface area (Å²) in [6, 6.07) is 7.33. The molecule has 2 N–H and O–H groups in total. The fraction of sp³-hybridized carbons (Fsp3) is 0.375. The number of aliphatic carboxylic acids is 1. The van der Waals surface area contributed by atoms with E-state index in [0.29, 0.717) is 12.0 Å². The lowest BCUT2D eigenvalue weighted by molar-refractivity contribution is -0.137. The van der Waals surface area contributed by atoms with E-state index >= 15 is 0 Å². The highest BCUT2D eigenvalue weighted by Crippen LogP contribution is 2.20. The van der Waals surface area contributed by atoms with E-state index in [4.69, 9.17) is 5.11 Å². The molecule has 1 aromatic carbocycles. The molecule has 0 saturated carbocycles.